The molecule has 1 saturated carbocycles. The van der Waals surface area contributed by atoms with Crippen molar-refractivity contribution >= 4 is 26.7 Å². The van der Waals surface area contributed by atoms with Gasteiger partial charge in [-0.15, -0.1) is 0 Å². The molecule has 0 amide bonds. The average Bonchev–Trinajstić information content (AvgIpc) is 2.87. The minimum absolute atomic E-state index is 0.806. The summed E-state index contributed by atoms with van der Waals surface area (Å²) in [6, 6.07) is 6.05. The number of methoxy groups -OCH3 is 1. The SMILES string of the molecule is COc1ccc2nc(NCC3CCCC(C)C3)sc2c1. The van der Waals surface area contributed by atoms with E-state index in [1.807, 2.05) is 12.1 Å². The lowest BCUT2D eigenvalue weighted by molar-refractivity contribution is 0.293. The van der Waals surface area contributed by atoms with Gasteiger partial charge in [-0.3, -0.25) is 0 Å². The number of nitrogens with zero attached hydrogens (tertiary/aromatic N) is 1. The number of rotatable bonds is 4. The average molecular weight is 290 g/mol. The highest BCUT2D eigenvalue weighted by atomic mass is 32.1. The van der Waals surface area contributed by atoms with Crippen molar-refractivity contribution in [3.05, 3.63) is 18.2 Å². The van der Waals surface area contributed by atoms with E-state index in [1.165, 1.54) is 30.4 Å². The van der Waals surface area contributed by atoms with Gasteiger partial charge in [0.2, 0.25) is 0 Å². The first-order valence-electron chi connectivity index (χ1n) is 7.43. The molecule has 0 spiro atoms. The standard InChI is InChI=1S/C16H22N2OS/c1-11-4-3-5-12(8-11)10-17-16-18-14-7-6-13(19-2)9-15(14)20-16/h6-7,9,11-12H,3-5,8,10H2,1-2H3,(H,17,18). The summed E-state index contributed by atoms with van der Waals surface area (Å²) < 4.78 is 6.44. The van der Waals surface area contributed by atoms with Gasteiger partial charge in [0.05, 0.1) is 17.3 Å². The Hall–Kier alpha value is -1.29. The van der Waals surface area contributed by atoms with Crippen LogP contribution in [0.2, 0.25) is 0 Å². The Morgan fingerprint density at radius 3 is 3.10 bits per heavy atom. The van der Waals surface area contributed by atoms with Crippen molar-refractivity contribution in [2.24, 2.45) is 11.8 Å². The molecule has 20 heavy (non-hydrogen) atoms. The topological polar surface area (TPSA) is 34.1 Å². The number of nitrogens with one attached hydrogen (secondary N) is 1. The van der Waals surface area contributed by atoms with Crippen molar-refractivity contribution in [1.82, 2.24) is 4.98 Å². The van der Waals surface area contributed by atoms with Gasteiger partial charge in [-0.1, -0.05) is 31.1 Å². The van der Waals surface area contributed by atoms with Gasteiger partial charge in [0.25, 0.3) is 0 Å². The molecule has 0 aliphatic heterocycles. The molecule has 4 heteroatoms. The van der Waals surface area contributed by atoms with Crippen LogP contribution < -0.4 is 10.1 Å². The van der Waals surface area contributed by atoms with Crippen LogP contribution in [0.25, 0.3) is 10.2 Å². The first-order valence-corrected chi connectivity index (χ1v) is 8.24. The highest BCUT2D eigenvalue weighted by Crippen LogP contribution is 2.31. The molecule has 1 N–H and O–H groups in total. The van der Waals surface area contributed by atoms with Crippen molar-refractivity contribution in [2.45, 2.75) is 32.6 Å². The first-order chi connectivity index (χ1) is 9.74. The third kappa shape index (κ3) is 3.06. The molecule has 1 fully saturated rings. The number of hydrogen-bond acceptors (Lipinski definition) is 4. The third-order valence-electron chi connectivity index (χ3n) is 4.18. The first kappa shape index (κ1) is 13.7. The molecule has 0 radical (unpaired) electrons. The largest absolute Gasteiger partial charge is 0.497 e. The predicted octanol–water partition coefficient (Wildman–Crippen LogP) is 4.54. The fourth-order valence-electron chi connectivity index (χ4n) is 3.08. The second-order valence-electron chi connectivity index (χ2n) is 5.87. The third-order valence-corrected chi connectivity index (χ3v) is 5.16. The Morgan fingerprint density at radius 1 is 1.40 bits per heavy atom. The smallest absolute Gasteiger partial charge is 0.183 e. The van der Waals surface area contributed by atoms with Gasteiger partial charge in [0.15, 0.2) is 5.13 Å². The highest BCUT2D eigenvalue weighted by molar-refractivity contribution is 7.22. The second kappa shape index (κ2) is 6.00. The lowest BCUT2D eigenvalue weighted by Crippen LogP contribution is -2.20. The minimum atomic E-state index is 0.806. The molecule has 1 aliphatic carbocycles. The summed E-state index contributed by atoms with van der Waals surface area (Å²) in [5, 5.41) is 4.56. The molecule has 2 aromatic rings. The Bertz CT molecular complexity index is 581. The van der Waals surface area contributed by atoms with Crippen molar-refractivity contribution in [3.8, 4) is 5.75 Å². The lowest BCUT2D eigenvalue weighted by atomic mass is 9.82. The molecule has 1 aromatic heterocycles. The zero-order valence-electron chi connectivity index (χ0n) is 12.2. The number of benzene rings is 1. The maximum atomic E-state index is 5.26. The van der Waals surface area contributed by atoms with Gasteiger partial charge < -0.3 is 10.1 Å². The monoisotopic (exact) mass is 290 g/mol. The number of hydrogen-bond donors (Lipinski definition) is 1. The van der Waals surface area contributed by atoms with Crippen LogP contribution in [0.3, 0.4) is 0 Å². The van der Waals surface area contributed by atoms with Gasteiger partial charge >= 0.3 is 0 Å². The zero-order valence-corrected chi connectivity index (χ0v) is 13.0. The molecule has 108 valence electrons. The van der Waals surface area contributed by atoms with Crippen molar-refractivity contribution in [2.75, 3.05) is 19.0 Å². The van der Waals surface area contributed by atoms with E-state index < -0.39 is 0 Å². The van der Waals surface area contributed by atoms with Crippen molar-refractivity contribution in [1.29, 1.82) is 0 Å². The zero-order chi connectivity index (χ0) is 13.9. The normalized spacial score (nSPS) is 22.9. The van der Waals surface area contributed by atoms with Crippen molar-refractivity contribution < 1.29 is 4.74 Å². The summed E-state index contributed by atoms with van der Waals surface area (Å²) in [4.78, 5) is 4.64. The summed E-state index contributed by atoms with van der Waals surface area (Å²) >= 11 is 1.71. The summed E-state index contributed by atoms with van der Waals surface area (Å²) in [6.45, 7) is 3.43. The van der Waals surface area contributed by atoms with Crippen LogP contribution in [0.1, 0.15) is 32.6 Å². The molecule has 1 aliphatic rings. The van der Waals surface area contributed by atoms with Gasteiger partial charge in [-0.2, -0.15) is 0 Å². The quantitative estimate of drug-likeness (QED) is 0.897. The van der Waals surface area contributed by atoms with Crippen LogP contribution in [0, 0.1) is 11.8 Å². The van der Waals surface area contributed by atoms with E-state index in [0.717, 1.165) is 34.8 Å². The van der Waals surface area contributed by atoms with Gasteiger partial charge in [-0.05, 0) is 42.9 Å². The van der Waals surface area contributed by atoms with E-state index in [0.29, 0.717) is 0 Å². The summed E-state index contributed by atoms with van der Waals surface area (Å²) in [5.74, 6) is 2.59. The fraction of sp³-hybridized carbons (Fsp3) is 0.562. The second-order valence-corrected chi connectivity index (χ2v) is 6.90. The maximum absolute atomic E-state index is 5.26. The van der Waals surface area contributed by atoms with E-state index >= 15 is 0 Å². The van der Waals surface area contributed by atoms with Crippen LogP contribution in [0.15, 0.2) is 18.2 Å². The van der Waals surface area contributed by atoms with E-state index in [9.17, 15) is 0 Å². The number of fused-ring (bicyclic) bond motifs is 1. The Balaban J connectivity index is 1.65. The Labute approximate surface area is 124 Å². The van der Waals surface area contributed by atoms with Gasteiger partial charge in [-0.25, -0.2) is 4.98 Å². The van der Waals surface area contributed by atoms with Crippen LogP contribution >= 0.6 is 11.3 Å². The summed E-state index contributed by atoms with van der Waals surface area (Å²) in [5.41, 5.74) is 1.05. The van der Waals surface area contributed by atoms with E-state index in [4.69, 9.17) is 4.74 Å². The molecule has 3 rings (SSSR count). The molecular weight excluding hydrogens is 268 g/mol. The van der Waals surface area contributed by atoms with Crippen LogP contribution in [-0.4, -0.2) is 18.6 Å². The number of thiazole rings is 1. The maximum Gasteiger partial charge on any atom is 0.183 e. The van der Waals surface area contributed by atoms with Gasteiger partial charge in [0, 0.05) is 6.54 Å². The molecule has 2 atom stereocenters. The minimum Gasteiger partial charge on any atom is -0.497 e. The Morgan fingerprint density at radius 2 is 2.30 bits per heavy atom. The molecule has 2 unspecified atom stereocenters. The van der Waals surface area contributed by atoms with E-state index in [2.05, 4.69) is 23.3 Å². The highest BCUT2D eigenvalue weighted by Gasteiger charge is 2.18. The molecular formula is C16H22N2OS. The fourth-order valence-corrected chi connectivity index (χ4v) is 3.99. The van der Waals surface area contributed by atoms with E-state index in [-0.39, 0.29) is 0 Å². The molecule has 1 aromatic carbocycles. The lowest BCUT2D eigenvalue weighted by Gasteiger charge is -2.26. The Kier molecular flexibility index (Phi) is 4.10. The molecule has 0 bridgehead atoms. The van der Waals surface area contributed by atoms with Crippen molar-refractivity contribution in [3.63, 3.8) is 0 Å². The van der Waals surface area contributed by atoms with Crippen LogP contribution in [0.4, 0.5) is 5.13 Å². The predicted molar refractivity (Wildman–Crippen MR) is 85.8 cm³/mol. The van der Waals surface area contributed by atoms with Crippen LogP contribution in [0.5, 0.6) is 5.75 Å². The summed E-state index contributed by atoms with van der Waals surface area (Å²) in [6.07, 6.45) is 5.49. The number of ether oxygens (including phenoxy) is 1. The summed E-state index contributed by atoms with van der Waals surface area (Å²) in [7, 11) is 1.70. The number of aromatic nitrogens is 1. The molecule has 1 heterocycles. The molecule has 0 saturated heterocycles. The van der Waals surface area contributed by atoms with Crippen LogP contribution in [-0.2, 0) is 0 Å². The van der Waals surface area contributed by atoms with Gasteiger partial charge in [0.1, 0.15) is 5.75 Å². The van der Waals surface area contributed by atoms with E-state index in [1.54, 1.807) is 18.4 Å². The molecule has 3 nitrogen and oxygen atoms in total. The number of anilines is 1.